The number of rotatable bonds is 14. The number of anilines is 1. The molecule has 216 valence electrons. The van der Waals surface area contributed by atoms with Crippen LogP contribution in [0, 0.1) is 6.92 Å². The molecule has 0 fully saturated rings. The first kappa shape index (κ1) is 31.5. The van der Waals surface area contributed by atoms with Crippen LogP contribution in [0.1, 0.15) is 22.4 Å². The van der Waals surface area contributed by atoms with E-state index in [4.69, 9.17) is 37.4 Å². The Morgan fingerprint density at radius 3 is 2.35 bits per heavy atom. The highest BCUT2D eigenvalue weighted by Gasteiger charge is 2.23. The summed E-state index contributed by atoms with van der Waals surface area (Å²) in [5, 5.41) is 5.56. The lowest BCUT2D eigenvalue weighted by Gasteiger charge is -2.28. The fourth-order valence-electron chi connectivity index (χ4n) is 4.02. The summed E-state index contributed by atoms with van der Waals surface area (Å²) < 4.78 is 16.0. The molecule has 2 aromatic carbocycles. The SMILES string of the molecule is COCCCN(CC(=O)N(CCc1ccc(OC)c(OC)c1)Cc1sccc1C)C(=O)Nc1ccc(Cl)c(Cl)c1. The number of nitrogens with zero attached hydrogens (tertiary/aromatic N) is 2. The van der Waals surface area contributed by atoms with E-state index in [-0.39, 0.29) is 12.5 Å². The van der Waals surface area contributed by atoms with Crippen LogP contribution in [0.3, 0.4) is 0 Å². The van der Waals surface area contributed by atoms with Crippen molar-refractivity contribution in [3.05, 3.63) is 73.9 Å². The molecule has 40 heavy (non-hydrogen) atoms. The van der Waals surface area contributed by atoms with Gasteiger partial charge in [0.15, 0.2) is 11.5 Å². The summed E-state index contributed by atoms with van der Waals surface area (Å²) in [5.74, 6) is 1.12. The Hall–Kier alpha value is -2.98. The van der Waals surface area contributed by atoms with E-state index < -0.39 is 6.03 Å². The number of aryl methyl sites for hydroxylation is 1. The van der Waals surface area contributed by atoms with Crippen molar-refractivity contribution in [2.24, 2.45) is 0 Å². The molecule has 0 spiro atoms. The molecular weight excluding hydrogens is 573 g/mol. The summed E-state index contributed by atoms with van der Waals surface area (Å²) in [7, 11) is 4.79. The molecular formula is C29H35Cl2N3O5S. The Balaban J connectivity index is 1.78. The monoisotopic (exact) mass is 607 g/mol. The molecule has 0 aliphatic carbocycles. The number of ether oxygens (including phenoxy) is 3. The van der Waals surface area contributed by atoms with Crippen LogP contribution in [0.2, 0.25) is 10.0 Å². The zero-order chi connectivity index (χ0) is 29.1. The van der Waals surface area contributed by atoms with Gasteiger partial charge in [0.1, 0.15) is 6.54 Å². The van der Waals surface area contributed by atoms with Crippen molar-refractivity contribution in [1.29, 1.82) is 0 Å². The standard InChI is InChI=1S/C29H35Cl2N3O5S/c1-20-11-15-40-27(20)18-33(13-10-21-6-9-25(38-3)26(16-21)39-4)28(35)19-34(12-5-14-37-2)29(36)32-22-7-8-23(30)24(31)17-22/h6-9,11,15-17H,5,10,12-14,18-19H2,1-4H3,(H,32,36). The largest absolute Gasteiger partial charge is 0.493 e. The molecule has 0 aliphatic rings. The van der Waals surface area contributed by atoms with E-state index in [2.05, 4.69) is 5.32 Å². The number of methoxy groups -OCH3 is 3. The molecule has 1 aromatic heterocycles. The van der Waals surface area contributed by atoms with Crippen molar-refractivity contribution in [2.75, 3.05) is 52.9 Å². The summed E-state index contributed by atoms with van der Waals surface area (Å²) in [6.45, 7) is 3.66. The van der Waals surface area contributed by atoms with Gasteiger partial charge in [-0.1, -0.05) is 29.3 Å². The highest BCUT2D eigenvalue weighted by molar-refractivity contribution is 7.10. The second-order valence-corrected chi connectivity index (χ2v) is 10.9. The van der Waals surface area contributed by atoms with E-state index in [9.17, 15) is 9.59 Å². The molecule has 1 heterocycles. The molecule has 0 saturated carbocycles. The van der Waals surface area contributed by atoms with Crippen LogP contribution in [0.5, 0.6) is 11.5 Å². The molecule has 11 heteroatoms. The number of thiophene rings is 1. The second-order valence-electron chi connectivity index (χ2n) is 9.11. The van der Waals surface area contributed by atoms with Crippen molar-refractivity contribution >= 4 is 52.2 Å². The molecule has 3 aromatic rings. The smallest absolute Gasteiger partial charge is 0.322 e. The summed E-state index contributed by atoms with van der Waals surface area (Å²) in [4.78, 5) is 31.4. The lowest BCUT2D eigenvalue weighted by molar-refractivity contribution is -0.132. The van der Waals surface area contributed by atoms with Crippen LogP contribution in [0.15, 0.2) is 47.8 Å². The fraction of sp³-hybridized carbons (Fsp3) is 0.379. The molecule has 0 aliphatic heterocycles. The lowest BCUT2D eigenvalue weighted by atomic mass is 10.1. The summed E-state index contributed by atoms with van der Waals surface area (Å²) >= 11 is 13.7. The summed E-state index contributed by atoms with van der Waals surface area (Å²) in [6.07, 6.45) is 1.18. The molecule has 8 nitrogen and oxygen atoms in total. The number of hydrogen-bond acceptors (Lipinski definition) is 6. The number of halogens is 2. The van der Waals surface area contributed by atoms with Crippen LogP contribution in [-0.2, 0) is 22.5 Å². The topological polar surface area (TPSA) is 80.3 Å². The third kappa shape index (κ3) is 9.02. The first-order chi connectivity index (χ1) is 19.2. The van der Waals surface area contributed by atoms with Gasteiger partial charge in [-0.3, -0.25) is 4.79 Å². The number of carbonyl (C=O) groups is 2. The van der Waals surface area contributed by atoms with Crippen LogP contribution in [-0.4, -0.2) is 69.3 Å². The Morgan fingerprint density at radius 2 is 1.70 bits per heavy atom. The van der Waals surface area contributed by atoms with Gasteiger partial charge >= 0.3 is 6.03 Å². The minimum atomic E-state index is -0.407. The Labute approximate surface area is 249 Å². The normalized spacial score (nSPS) is 10.8. The quantitative estimate of drug-likeness (QED) is 0.211. The molecule has 0 radical (unpaired) electrons. The molecule has 0 saturated heterocycles. The average Bonchev–Trinajstić information content (AvgIpc) is 3.36. The molecule has 3 rings (SSSR count). The van der Waals surface area contributed by atoms with E-state index in [0.717, 1.165) is 16.0 Å². The minimum Gasteiger partial charge on any atom is -0.493 e. The van der Waals surface area contributed by atoms with Gasteiger partial charge in [0.2, 0.25) is 5.91 Å². The molecule has 0 unspecified atom stereocenters. The van der Waals surface area contributed by atoms with Gasteiger partial charge in [-0.05, 0) is 72.7 Å². The number of urea groups is 1. The molecule has 1 N–H and O–H groups in total. The van der Waals surface area contributed by atoms with Gasteiger partial charge in [0.05, 0.1) is 30.8 Å². The lowest BCUT2D eigenvalue weighted by Crippen LogP contribution is -2.45. The highest BCUT2D eigenvalue weighted by Crippen LogP contribution is 2.28. The Morgan fingerprint density at radius 1 is 0.925 bits per heavy atom. The van der Waals surface area contributed by atoms with E-state index >= 15 is 0 Å². The van der Waals surface area contributed by atoms with Crippen molar-refractivity contribution in [2.45, 2.75) is 26.3 Å². The van der Waals surface area contributed by atoms with Gasteiger partial charge in [-0.25, -0.2) is 4.79 Å². The van der Waals surface area contributed by atoms with E-state index in [1.165, 1.54) is 4.90 Å². The molecule has 0 atom stereocenters. The molecule has 0 bridgehead atoms. The number of amides is 3. The van der Waals surface area contributed by atoms with Crippen molar-refractivity contribution in [3.8, 4) is 11.5 Å². The van der Waals surface area contributed by atoms with Crippen LogP contribution in [0.4, 0.5) is 10.5 Å². The number of carbonyl (C=O) groups excluding carboxylic acids is 2. The van der Waals surface area contributed by atoms with Gasteiger partial charge in [-0.15, -0.1) is 11.3 Å². The second kappa shape index (κ2) is 15.7. The van der Waals surface area contributed by atoms with Crippen molar-refractivity contribution < 1.29 is 23.8 Å². The van der Waals surface area contributed by atoms with E-state index in [1.807, 2.05) is 36.6 Å². The third-order valence-corrected chi connectivity index (χ3v) is 8.08. The fourth-order valence-corrected chi connectivity index (χ4v) is 5.24. The highest BCUT2D eigenvalue weighted by atomic mass is 35.5. The van der Waals surface area contributed by atoms with Gasteiger partial charge < -0.3 is 29.3 Å². The Bertz CT molecular complexity index is 1290. The Kier molecular flexibility index (Phi) is 12.4. The van der Waals surface area contributed by atoms with Crippen LogP contribution < -0.4 is 14.8 Å². The van der Waals surface area contributed by atoms with Gasteiger partial charge in [0, 0.05) is 37.4 Å². The first-order valence-corrected chi connectivity index (χ1v) is 14.4. The maximum absolute atomic E-state index is 13.7. The maximum Gasteiger partial charge on any atom is 0.322 e. The summed E-state index contributed by atoms with van der Waals surface area (Å²) in [6, 6.07) is 12.2. The number of benzene rings is 2. The predicted octanol–water partition coefficient (Wildman–Crippen LogP) is 6.52. The van der Waals surface area contributed by atoms with Gasteiger partial charge in [-0.2, -0.15) is 0 Å². The zero-order valence-corrected chi connectivity index (χ0v) is 25.5. The first-order valence-electron chi connectivity index (χ1n) is 12.8. The van der Waals surface area contributed by atoms with Crippen LogP contribution in [0.25, 0.3) is 0 Å². The summed E-state index contributed by atoms with van der Waals surface area (Å²) in [5.41, 5.74) is 2.62. The van der Waals surface area contributed by atoms with E-state index in [1.54, 1.807) is 55.8 Å². The van der Waals surface area contributed by atoms with Gasteiger partial charge in [0.25, 0.3) is 0 Å². The number of hydrogen-bond donors (Lipinski definition) is 1. The third-order valence-electron chi connectivity index (χ3n) is 6.33. The predicted molar refractivity (Wildman–Crippen MR) is 161 cm³/mol. The minimum absolute atomic E-state index is 0.0901. The maximum atomic E-state index is 13.7. The zero-order valence-electron chi connectivity index (χ0n) is 23.2. The molecule has 3 amide bonds. The van der Waals surface area contributed by atoms with Crippen molar-refractivity contribution in [1.82, 2.24) is 9.80 Å². The average molecular weight is 609 g/mol. The van der Waals surface area contributed by atoms with Crippen molar-refractivity contribution in [3.63, 3.8) is 0 Å². The number of nitrogens with one attached hydrogen (secondary N) is 1. The van der Waals surface area contributed by atoms with Crippen LogP contribution >= 0.6 is 34.5 Å². The van der Waals surface area contributed by atoms with E-state index in [0.29, 0.717) is 66.3 Å².